The van der Waals surface area contributed by atoms with E-state index < -0.39 is 8.80 Å². The van der Waals surface area contributed by atoms with Crippen LogP contribution >= 0.6 is 0 Å². The minimum atomic E-state index is -2.85. The number of nitrogens with zero attached hydrogens (tertiary/aromatic N) is 1. The lowest BCUT2D eigenvalue weighted by Crippen LogP contribution is -2.50. The molecule has 0 N–H and O–H groups in total. The van der Waals surface area contributed by atoms with E-state index >= 15 is 0 Å². The van der Waals surface area contributed by atoms with Crippen LogP contribution in [0.4, 0.5) is 0 Å². The first-order valence-corrected chi connectivity index (χ1v) is 7.65. The molecule has 16 heavy (non-hydrogen) atoms. The Morgan fingerprint density at radius 3 is 1.38 bits per heavy atom. The smallest absolute Gasteiger partial charge is 0.370 e. The largest absolute Gasteiger partial charge is 0.516 e. The highest BCUT2D eigenvalue weighted by Gasteiger charge is 2.44. The van der Waals surface area contributed by atoms with Crippen molar-refractivity contribution in [3.8, 4) is 6.07 Å². The number of nitriles is 1. The van der Waals surface area contributed by atoms with Gasteiger partial charge in [0.15, 0.2) is 0 Å². The van der Waals surface area contributed by atoms with Gasteiger partial charge in [-0.3, -0.25) is 0 Å². The molecule has 0 aliphatic carbocycles. The molecule has 0 aromatic rings. The van der Waals surface area contributed by atoms with E-state index in [2.05, 4.69) is 6.07 Å². The summed E-state index contributed by atoms with van der Waals surface area (Å²) < 4.78 is 17.3. The first kappa shape index (κ1) is 15.6. The van der Waals surface area contributed by atoms with Gasteiger partial charge in [-0.05, 0) is 41.5 Å². The molecule has 0 atom stereocenters. The normalized spacial score (nSPS) is 12.5. The molecule has 5 heteroatoms. The average molecular weight is 245 g/mol. The third-order valence-corrected chi connectivity index (χ3v) is 4.62. The molecular formula is C11H23NO3Si. The molecule has 0 heterocycles. The van der Waals surface area contributed by atoms with Crippen LogP contribution < -0.4 is 0 Å². The Kier molecular flexibility index (Phi) is 6.84. The standard InChI is InChI=1S/C11H23NO3Si/c1-9(2)13-16(8-7-12,14-10(3)4)15-11(5)6/h9-11H,8H2,1-6H3. The van der Waals surface area contributed by atoms with Gasteiger partial charge in [-0.15, -0.1) is 0 Å². The fourth-order valence-electron chi connectivity index (χ4n) is 1.38. The van der Waals surface area contributed by atoms with Crippen molar-refractivity contribution >= 4 is 8.80 Å². The van der Waals surface area contributed by atoms with Gasteiger partial charge < -0.3 is 13.3 Å². The monoisotopic (exact) mass is 245 g/mol. The Labute approximate surface area is 99.9 Å². The van der Waals surface area contributed by atoms with Crippen LogP contribution in [0.2, 0.25) is 6.04 Å². The SMILES string of the molecule is CC(C)O[Si](CC#N)(OC(C)C)OC(C)C. The van der Waals surface area contributed by atoms with E-state index in [9.17, 15) is 0 Å². The highest BCUT2D eigenvalue weighted by molar-refractivity contribution is 6.61. The lowest BCUT2D eigenvalue weighted by molar-refractivity contribution is 0.00589. The van der Waals surface area contributed by atoms with E-state index in [-0.39, 0.29) is 24.4 Å². The van der Waals surface area contributed by atoms with Crippen LogP contribution in [0, 0.1) is 11.3 Å². The van der Waals surface area contributed by atoms with E-state index in [1.165, 1.54) is 0 Å². The summed E-state index contributed by atoms with van der Waals surface area (Å²) >= 11 is 0. The maximum Gasteiger partial charge on any atom is 0.516 e. The third kappa shape index (κ3) is 6.23. The molecule has 0 radical (unpaired) electrons. The number of hydrogen-bond acceptors (Lipinski definition) is 4. The Balaban J connectivity index is 4.81. The third-order valence-electron chi connectivity index (χ3n) is 1.54. The van der Waals surface area contributed by atoms with Gasteiger partial charge in [0, 0.05) is 18.3 Å². The van der Waals surface area contributed by atoms with Crippen molar-refractivity contribution in [2.24, 2.45) is 0 Å². The lowest BCUT2D eigenvalue weighted by Gasteiger charge is -2.32. The van der Waals surface area contributed by atoms with Crippen LogP contribution in [0.25, 0.3) is 0 Å². The van der Waals surface area contributed by atoms with Gasteiger partial charge in [-0.2, -0.15) is 5.26 Å². The fourth-order valence-corrected chi connectivity index (χ4v) is 4.15. The van der Waals surface area contributed by atoms with E-state index in [4.69, 9.17) is 18.5 Å². The topological polar surface area (TPSA) is 51.5 Å². The molecule has 0 aliphatic heterocycles. The highest BCUT2D eigenvalue weighted by atomic mass is 28.4. The van der Waals surface area contributed by atoms with Crippen molar-refractivity contribution in [3.63, 3.8) is 0 Å². The zero-order valence-electron chi connectivity index (χ0n) is 11.1. The summed E-state index contributed by atoms with van der Waals surface area (Å²) in [6.07, 6.45) is -0.00690. The molecule has 0 aromatic carbocycles. The molecule has 0 saturated carbocycles. The van der Waals surface area contributed by atoms with Gasteiger partial charge in [-0.25, -0.2) is 0 Å². The molecule has 0 rings (SSSR count). The molecule has 0 unspecified atom stereocenters. The summed E-state index contributed by atoms with van der Waals surface area (Å²) in [5.74, 6) is 0. The van der Waals surface area contributed by atoms with Gasteiger partial charge in [-0.1, -0.05) is 0 Å². The summed E-state index contributed by atoms with van der Waals surface area (Å²) in [7, 11) is -2.85. The predicted octanol–water partition coefficient (Wildman–Crippen LogP) is 2.72. The first-order valence-electron chi connectivity index (χ1n) is 5.71. The van der Waals surface area contributed by atoms with Crippen molar-refractivity contribution in [3.05, 3.63) is 0 Å². The molecule has 4 nitrogen and oxygen atoms in total. The van der Waals surface area contributed by atoms with Crippen LogP contribution in [0.1, 0.15) is 41.5 Å². The van der Waals surface area contributed by atoms with Crippen molar-refractivity contribution in [1.29, 1.82) is 5.26 Å². The van der Waals surface area contributed by atoms with Crippen molar-refractivity contribution in [2.75, 3.05) is 0 Å². The fraction of sp³-hybridized carbons (Fsp3) is 0.909. The highest BCUT2D eigenvalue weighted by Crippen LogP contribution is 2.21. The number of rotatable bonds is 7. The second-order valence-corrected chi connectivity index (χ2v) is 6.94. The van der Waals surface area contributed by atoms with Crippen LogP contribution in [0.15, 0.2) is 0 Å². The molecule has 94 valence electrons. The Bertz CT molecular complexity index is 209. The second kappa shape index (κ2) is 7.02. The average Bonchev–Trinajstić information content (AvgIpc) is 1.98. The quantitative estimate of drug-likeness (QED) is 0.647. The summed E-state index contributed by atoms with van der Waals surface area (Å²) in [6.45, 7) is 11.5. The van der Waals surface area contributed by atoms with Gasteiger partial charge in [0.05, 0.1) is 6.07 Å². The van der Waals surface area contributed by atoms with E-state index in [1.807, 2.05) is 41.5 Å². The molecular weight excluding hydrogens is 222 g/mol. The lowest BCUT2D eigenvalue weighted by atomic mass is 10.5. The van der Waals surface area contributed by atoms with E-state index in [0.29, 0.717) is 0 Å². The Morgan fingerprint density at radius 1 is 0.875 bits per heavy atom. The van der Waals surface area contributed by atoms with Gasteiger partial charge in [0.1, 0.15) is 6.04 Å². The minimum Gasteiger partial charge on any atom is -0.370 e. The molecule has 0 aromatic heterocycles. The molecule has 0 amide bonds. The molecule has 0 spiro atoms. The Hall–Kier alpha value is -0.413. The van der Waals surface area contributed by atoms with Crippen LogP contribution in [-0.2, 0) is 13.3 Å². The van der Waals surface area contributed by atoms with Gasteiger partial charge >= 0.3 is 8.80 Å². The van der Waals surface area contributed by atoms with Crippen LogP contribution in [0.5, 0.6) is 0 Å². The van der Waals surface area contributed by atoms with E-state index in [1.54, 1.807) is 0 Å². The molecule has 0 aliphatic rings. The summed E-state index contributed by atoms with van der Waals surface area (Å²) in [5.41, 5.74) is 0. The zero-order valence-corrected chi connectivity index (χ0v) is 12.1. The minimum absolute atomic E-state index is 0.00230. The van der Waals surface area contributed by atoms with Crippen LogP contribution in [-0.4, -0.2) is 27.1 Å². The zero-order chi connectivity index (χ0) is 12.8. The maximum absolute atomic E-state index is 8.89. The summed E-state index contributed by atoms with van der Waals surface area (Å²) in [6, 6.07) is 2.31. The van der Waals surface area contributed by atoms with Crippen molar-refractivity contribution in [1.82, 2.24) is 0 Å². The second-order valence-electron chi connectivity index (χ2n) is 4.52. The van der Waals surface area contributed by atoms with Crippen molar-refractivity contribution < 1.29 is 13.3 Å². The predicted molar refractivity (Wildman–Crippen MR) is 64.8 cm³/mol. The van der Waals surface area contributed by atoms with Gasteiger partial charge in [0.2, 0.25) is 0 Å². The molecule has 0 bridgehead atoms. The first-order chi connectivity index (χ1) is 7.31. The summed E-state index contributed by atoms with van der Waals surface area (Å²) in [4.78, 5) is 0. The van der Waals surface area contributed by atoms with Crippen molar-refractivity contribution in [2.45, 2.75) is 65.9 Å². The maximum atomic E-state index is 8.89. The number of hydrogen-bond donors (Lipinski definition) is 0. The summed E-state index contributed by atoms with van der Waals surface area (Å²) in [5, 5.41) is 8.89. The van der Waals surface area contributed by atoms with Crippen LogP contribution in [0.3, 0.4) is 0 Å². The Morgan fingerprint density at radius 2 is 1.19 bits per heavy atom. The molecule has 0 fully saturated rings. The molecule has 0 saturated heterocycles. The van der Waals surface area contributed by atoms with Gasteiger partial charge in [0.25, 0.3) is 0 Å². The van der Waals surface area contributed by atoms with E-state index in [0.717, 1.165) is 0 Å².